The van der Waals surface area contributed by atoms with E-state index in [1.54, 1.807) is 0 Å². The summed E-state index contributed by atoms with van der Waals surface area (Å²) < 4.78 is 43.3. The minimum atomic E-state index is -4.07. The van der Waals surface area contributed by atoms with E-state index in [2.05, 4.69) is 13.8 Å². The van der Waals surface area contributed by atoms with Gasteiger partial charge in [-0.25, -0.2) is 0 Å². The zero-order chi connectivity index (χ0) is 15.5. The minimum absolute atomic E-state index is 0.0964. The highest BCUT2D eigenvalue weighted by atomic mass is 19.4. The number of alkyl halides is 3. The summed E-state index contributed by atoms with van der Waals surface area (Å²) in [5.74, 6) is 0.0664. The maximum absolute atomic E-state index is 12.6. The molecule has 0 bridgehead atoms. The first-order valence-electron chi connectivity index (χ1n) is 7.38. The summed E-state index contributed by atoms with van der Waals surface area (Å²) in [5.41, 5.74) is 1.25. The molecule has 1 atom stereocenters. The zero-order valence-corrected chi connectivity index (χ0v) is 12.5. The van der Waals surface area contributed by atoms with Crippen LogP contribution in [-0.4, -0.2) is 37.3 Å². The SMILES string of the molecule is CC(C)c1ccc(OCCN2CC[C@H](C(F)(F)F)C2)cc1. The van der Waals surface area contributed by atoms with Gasteiger partial charge in [-0.15, -0.1) is 0 Å². The van der Waals surface area contributed by atoms with Gasteiger partial charge in [0, 0.05) is 13.1 Å². The molecule has 1 aromatic rings. The summed E-state index contributed by atoms with van der Waals surface area (Å²) in [6.45, 7) is 5.81. The lowest BCUT2D eigenvalue weighted by Crippen LogP contribution is -2.30. The van der Waals surface area contributed by atoms with E-state index >= 15 is 0 Å². The molecule has 0 saturated carbocycles. The first-order valence-corrected chi connectivity index (χ1v) is 7.38. The zero-order valence-electron chi connectivity index (χ0n) is 12.5. The van der Waals surface area contributed by atoms with Crippen LogP contribution in [0.5, 0.6) is 5.75 Å². The fraction of sp³-hybridized carbons (Fsp3) is 0.625. The first kappa shape index (κ1) is 16.1. The second-order valence-corrected chi connectivity index (χ2v) is 5.90. The fourth-order valence-electron chi connectivity index (χ4n) is 2.54. The Balaban J connectivity index is 1.73. The Morgan fingerprint density at radius 1 is 1.24 bits per heavy atom. The normalized spacial score (nSPS) is 20.2. The molecule has 118 valence electrons. The van der Waals surface area contributed by atoms with E-state index in [4.69, 9.17) is 4.74 Å². The van der Waals surface area contributed by atoms with E-state index in [-0.39, 0.29) is 13.0 Å². The van der Waals surface area contributed by atoms with Crippen LogP contribution in [0.25, 0.3) is 0 Å². The topological polar surface area (TPSA) is 12.5 Å². The van der Waals surface area contributed by atoms with Crippen molar-refractivity contribution in [3.63, 3.8) is 0 Å². The summed E-state index contributed by atoms with van der Waals surface area (Å²) in [6, 6.07) is 7.88. The monoisotopic (exact) mass is 301 g/mol. The molecule has 1 aliphatic rings. The van der Waals surface area contributed by atoms with Crippen molar-refractivity contribution < 1.29 is 17.9 Å². The van der Waals surface area contributed by atoms with Crippen LogP contribution in [0.4, 0.5) is 13.2 Å². The second kappa shape index (κ2) is 6.69. The maximum atomic E-state index is 12.6. The van der Waals surface area contributed by atoms with Gasteiger partial charge < -0.3 is 4.74 Å². The molecule has 0 spiro atoms. The van der Waals surface area contributed by atoms with Gasteiger partial charge in [0.25, 0.3) is 0 Å². The highest BCUT2D eigenvalue weighted by molar-refractivity contribution is 5.28. The largest absolute Gasteiger partial charge is 0.492 e. The number of likely N-dealkylation sites (tertiary alicyclic amines) is 1. The number of hydrogen-bond donors (Lipinski definition) is 0. The van der Waals surface area contributed by atoms with E-state index in [9.17, 15) is 13.2 Å². The molecule has 1 saturated heterocycles. The first-order chi connectivity index (χ1) is 9.86. The van der Waals surface area contributed by atoms with Crippen LogP contribution in [-0.2, 0) is 0 Å². The average Bonchev–Trinajstić information content (AvgIpc) is 2.88. The van der Waals surface area contributed by atoms with Gasteiger partial charge in [-0.2, -0.15) is 13.2 Å². The van der Waals surface area contributed by atoms with Crippen LogP contribution in [0.2, 0.25) is 0 Å². The average molecular weight is 301 g/mol. The van der Waals surface area contributed by atoms with Crippen molar-refractivity contribution in [3.05, 3.63) is 29.8 Å². The highest BCUT2D eigenvalue weighted by Gasteiger charge is 2.43. The number of ether oxygens (including phenoxy) is 1. The molecule has 0 amide bonds. The molecular weight excluding hydrogens is 279 g/mol. The Bertz CT molecular complexity index is 442. The van der Waals surface area contributed by atoms with Crippen molar-refractivity contribution in [3.8, 4) is 5.75 Å². The van der Waals surface area contributed by atoms with Crippen LogP contribution in [0.15, 0.2) is 24.3 Å². The van der Waals surface area contributed by atoms with Crippen LogP contribution >= 0.6 is 0 Å². The third-order valence-electron chi connectivity index (χ3n) is 3.96. The summed E-state index contributed by atoms with van der Waals surface area (Å²) in [6.07, 6.45) is -3.87. The van der Waals surface area contributed by atoms with Crippen molar-refractivity contribution >= 4 is 0 Å². The quantitative estimate of drug-likeness (QED) is 0.813. The predicted molar refractivity (Wildman–Crippen MR) is 76.6 cm³/mol. The fourth-order valence-corrected chi connectivity index (χ4v) is 2.54. The molecule has 2 rings (SSSR count). The molecule has 0 unspecified atom stereocenters. The smallest absolute Gasteiger partial charge is 0.393 e. The van der Waals surface area contributed by atoms with Gasteiger partial charge in [-0.05, 0) is 36.6 Å². The van der Waals surface area contributed by atoms with Gasteiger partial charge in [0.15, 0.2) is 0 Å². The number of rotatable bonds is 5. The van der Waals surface area contributed by atoms with Gasteiger partial charge in [-0.3, -0.25) is 4.90 Å². The van der Waals surface area contributed by atoms with Crippen LogP contribution in [0.1, 0.15) is 31.7 Å². The highest BCUT2D eigenvalue weighted by Crippen LogP contribution is 2.33. The van der Waals surface area contributed by atoms with Gasteiger partial charge in [0.05, 0.1) is 5.92 Å². The lowest BCUT2D eigenvalue weighted by atomic mass is 10.0. The molecule has 21 heavy (non-hydrogen) atoms. The van der Waals surface area contributed by atoms with Crippen molar-refractivity contribution in [2.45, 2.75) is 32.4 Å². The summed E-state index contributed by atoms with van der Waals surface area (Å²) in [4.78, 5) is 1.82. The van der Waals surface area contributed by atoms with E-state index in [1.165, 1.54) is 5.56 Å². The Morgan fingerprint density at radius 3 is 2.43 bits per heavy atom. The van der Waals surface area contributed by atoms with Crippen molar-refractivity contribution in [1.82, 2.24) is 4.90 Å². The van der Waals surface area contributed by atoms with E-state index in [0.717, 1.165) is 5.75 Å². The van der Waals surface area contributed by atoms with Crippen LogP contribution < -0.4 is 4.74 Å². The van der Waals surface area contributed by atoms with Crippen molar-refractivity contribution in [2.75, 3.05) is 26.2 Å². The maximum Gasteiger partial charge on any atom is 0.393 e. The third-order valence-corrected chi connectivity index (χ3v) is 3.96. The molecule has 1 aromatic carbocycles. The standard InChI is InChI=1S/C16H22F3NO/c1-12(2)13-3-5-15(6-4-13)21-10-9-20-8-7-14(11-20)16(17,18)19/h3-6,12,14H,7-11H2,1-2H3/t14-/m0/s1. The molecule has 0 N–H and O–H groups in total. The number of hydrogen-bond acceptors (Lipinski definition) is 2. The van der Waals surface area contributed by atoms with Gasteiger partial charge in [0.1, 0.15) is 12.4 Å². The molecular formula is C16H22F3NO. The summed E-state index contributed by atoms with van der Waals surface area (Å²) in [7, 11) is 0. The van der Waals surface area contributed by atoms with Crippen molar-refractivity contribution in [1.29, 1.82) is 0 Å². The number of nitrogens with zero attached hydrogens (tertiary/aromatic N) is 1. The Kier molecular flexibility index (Phi) is 5.14. The third kappa shape index (κ3) is 4.63. The molecule has 0 aromatic heterocycles. The minimum Gasteiger partial charge on any atom is -0.492 e. The molecule has 2 nitrogen and oxygen atoms in total. The van der Waals surface area contributed by atoms with Gasteiger partial charge in [-0.1, -0.05) is 26.0 Å². The summed E-state index contributed by atoms with van der Waals surface area (Å²) in [5, 5.41) is 0. The van der Waals surface area contributed by atoms with E-state index < -0.39 is 12.1 Å². The summed E-state index contributed by atoms with van der Waals surface area (Å²) >= 11 is 0. The Morgan fingerprint density at radius 2 is 1.90 bits per heavy atom. The second-order valence-electron chi connectivity index (χ2n) is 5.90. The van der Waals surface area contributed by atoms with Crippen LogP contribution in [0.3, 0.4) is 0 Å². The van der Waals surface area contributed by atoms with E-state index in [0.29, 0.717) is 25.6 Å². The molecule has 5 heteroatoms. The van der Waals surface area contributed by atoms with Gasteiger partial charge in [0.2, 0.25) is 0 Å². The van der Waals surface area contributed by atoms with E-state index in [1.807, 2.05) is 29.2 Å². The molecule has 0 aliphatic carbocycles. The van der Waals surface area contributed by atoms with Gasteiger partial charge >= 0.3 is 6.18 Å². The molecule has 1 aliphatic heterocycles. The Hall–Kier alpha value is -1.23. The lowest BCUT2D eigenvalue weighted by molar-refractivity contribution is -0.170. The Labute approximate surface area is 123 Å². The lowest BCUT2D eigenvalue weighted by Gasteiger charge is -2.18. The molecule has 1 heterocycles. The molecule has 1 fully saturated rings. The molecule has 0 radical (unpaired) electrons. The number of halogens is 3. The van der Waals surface area contributed by atoms with Crippen LogP contribution in [0, 0.1) is 5.92 Å². The number of benzene rings is 1. The predicted octanol–water partition coefficient (Wildman–Crippen LogP) is 4.07. The van der Waals surface area contributed by atoms with Crippen molar-refractivity contribution in [2.24, 2.45) is 5.92 Å².